The lowest BCUT2D eigenvalue weighted by Gasteiger charge is -2.01. The molecule has 3 heteroatoms. The second-order valence-electron chi connectivity index (χ2n) is 3.33. The van der Waals surface area contributed by atoms with Crippen LogP contribution in [0.4, 0.5) is 0 Å². The van der Waals surface area contributed by atoms with Gasteiger partial charge in [-0.25, -0.2) is 4.98 Å². The number of hydrogen-bond donors (Lipinski definition) is 0. The Morgan fingerprint density at radius 2 is 2.36 bits per heavy atom. The third-order valence-electron chi connectivity index (χ3n) is 2.11. The smallest absolute Gasteiger partial charge is 0.213 e. The van der Waals surface area contributed by atoms with E-state index in [1.807, 2.05) is 12.1 Å². The maximum Gasteiger partial charge on any atom is 0.213 e. The predicted molar refractivity (Wildman–Crippen MR) is 58.1 cm³/mol. The highest BCUT2D eigenvalue weighted by Gasteiger charge is 2.17. The number of hydrogen-bond acceptors (Lipinski definition) is 2. The number of aromatic nitrogens is 1. The molecule has 0 unspecified atom stereocenters. The summed E-state index contributed by atoms with van der Waals surface area (Å²) in [6, 6.07) is 3.75. The molecule has 0 aliphatic heterocycles. The Labute approximate surface area is 92.1 Å². The number of ether oxygens (including phenoxy) is 1. The van der Waals surface area contributed by atoms with Gasteiger partial charge in [-0.2, -0.15) is 0 Å². The first kappa shape index (κ1) is 9.71. The molecule has 1 aromatic rings. The third kappa shape index (κ3) is 2.35. The van der Waals surface area contributed by atoms with Crippen LogP contribution in [0.1, 0.15) is 18.5 Å². The van der Waals surface area contributed by atoms with Gasteiger partial charge in [0.2, 0.25) is 5.88 Å². The topological polar surface area (TPSA) is 22.1 Å². The molecular weight excluding hydrogens is 242 g/mol. The van der Waals surface area contributed by atoms with Gasteiger partial charge >= 0.3 is 0 Å². The van der Waals surface area contributed by atoms with Crippen LogP contribution < -0.4 is 4.74 Å². The number of halogens is 1. The van der Waals surface area contributed by atoms with Crippen LogP contribution in [0.2, 0.25) is 0 Å². The highest BCUT2D eigenvalue weighted by Crippen LogP contribution is 2.30. The first-order valence-electron chi connectivity index (χ1n) is 4.60. The van der Waals surface area contributed by atoms with Gasteiger partial charge in [-0.15, -0.1) is 0 Å². The van der Waals surface area contributed by atoms with Crippen molar-refractivity contribution in [1.82, 2.24) is 4.98 Å². The summed E-state index contributed by atoms with van der Waals surface area (Å²) in [4.78, 5) is 4.28. The maximum atomic E-state index is 5.05. The Kier molecular flexibility index (Phi) is 2.87. The molecule has 2 nitrogen and oxygen atoms in total. The summed E-state index contributed by atoms with van der Waals surface area (Å²) >= 11 is 3.43. The van der Waals surface area contributed by atoms with Gasteiger partial charge in [-0.1, -0.05) is 6.08 Å². The highest BCUT2D eigenvalue weighted by molar-refractivity contribution is 9.10. The fraction of sp³-hybridized carbons (Fsp3) is 0.364. The van der Waals surface area contributed by atoms with E-state index in [1.165, 1.54) is 12.8 Å². The summed E-state index contributed by atoms with van der Waals surface area (Å²) in [5, 5.41) is 0. The van der Waals surface area contributed by atoms with E-state index in [4.69, 9.17) is 4.74 Å². The molecule has 0 amide bonds. The van der Waals surface area contributed by atoms with E-state index >= 15 is 0 Å². The molecule has 1 radical (unpaired) electrons. The van der Waals surface area contributed by atoms with Crippen LogP contribution in [-0.4, -0.2) is 12.1 Å². The lowest BCUT2D eigenvalue weighted by molar-refractivity contribution is 0.397. The van der Waals surface area contributed by atoms with E-state index in [-0.39, 0.29) is 0 Å². The maximum absolute atomic E-state index is 5.05. The molecule has 0 bridgehead atoms. The fourth-order valence-corrected chi connectivity index (χ4v) is 1.43. The first-order valence-corrected chi connectivity index (χ1v) is 5.39. The van der Waals surface area contributed by atoms with Gasteiger partial charge in [0.15, 0.2) is 0 Å². The number of methoxy groups -OCH3 is 1. The van der Waals surface area contributed by atoms with Gasteiger partial charge in [0, 0.05) is 16.6 Å². The Morgan fingerprint density at radius 1 is 1.57 bits per heavy atom. The van der Waals surface area contributed by atoms with Crippen LogP contribution in [0.15, 0.2) is 22.7 Å². The minimum Gasteiger partial charge on any atom is -0.481 e. The summed E-state index contributed by atoms with van der Waals surface area (Å²) in [7, 11) is 1.62. The second-order valence-corrected chi connectivity index (χ2v) is 4.19. The van der Waals surface area contributed by atoms with Crippen molar-refractivity contribution in [3.05, 3.63) is 34.5 Å². The molecule has 1 aliphatic rings. The van der Waals surface area contributed by atoms with Crippen LogP contribution in [0.5, 0.6) is 5.88 Å². The molecule has 0 saturated heterocycles. The van der Waals surface area contributed by atoms with Gasteiger partial charge in [-0.05, 0) is 40.8 Å². The van der Waals surface area contributed by atoms with Gasteiger partial charge < -0.3 is 4.74 Å². The summed E-state index contributed by atoms with van der Waals surface area (Å²) in [5.41, 5.74) is 0.816. The van der Waals surface area contributed by atoms with E-state index < -0.39 is 0 Å². The molecule has 1 aromatic heterocycles. The first-order chi connectivity index (χ1) is 6.79. The summed E-state index contributed by atoms with van der Waals surface area (Å²) in [6.45, 7) is 0. The van der Waals surface area contributed by atoms with E-state index in [2.05, 4.69) is 33.1 Å². The number of allylic oxidation sites excluding steroid dienone is 1. The SMILES string of the molecule is COc1ccc(Br)c(/[C]=C/C2CC2)n1. The second kappa shape index (κ2) is 4.13. The lowest BCUT2D eigenvalue weighted by Crippen LogP contribution is -1.91. The number of rotatable bonds is 3. The molecule has 14 heavy (non-hydrogen) atoms. The largest absolute Gasteiger partial charge is 0.481 e. The molecule has 0 atom stereocenters. The van der Waals surface area contributed by atoms with Crippen molar-refractivity contribution in [1.29, 1.82) is 0 Å². The van der Waals surface area contributed by atoms with E-state index in [0.717, 1.165) is 16.1 Å². The minimum absolute atomic E-state index is 0.625. The Bertz CT molecular complexity index is 358. The summed E-state index contributed by atoms with van der Waals surface area (Å²) < 4.78 is 6.00. The number of nitrogens with zero attached hydrogens (tertiary/aromatic N) is 1. The van der Waals surface area contributed by atoms with Gasteiger partial charge in [0.05, 0.1) is 12.8 Å². The zero-order valence-electron chi connectivity index (χ0n) is 7.96. The van der Waals surface area contributed by atoms with Gasteiger partial charge in [0.25, 0.3) is 0 Å². The molecule has 0 N–H and O–H groups in total. The Balaban J connectivity index is 2.20. The van der Waals surface area contributed by atoms with Crippen molar-refractivity contribution in [2.45, 2.75) is 12.8 Å². The van der Waals surface area contributed by atoms with Crippen molar-refractivity contribution < 1.29 is 4.74 Å². The molecule has 0 aromatic carbocycles. The fourth-order valence-electron chi connectivity index (χ4n) is 1.10. The third-order valence-corrected chi connectivity index (χ3v) is 2.75. The standard InChI is InChI=1S/C11H11BrNO/c1-14-11-7-5-9(12)10(13-11)6-4-8-2-3-8/h4-5,7-8H,2-3H2,1H3. The van der Waals surface area contributed by atoms with E-state index in [9.17, 15) is 0 Å². The molecule has 0 spiro atoms. The number of pyridine rings is 1. The Morgan fingerprint density at radius 3 is 3.00 bits per heavy atom. The molecule has 1 aliphatic carbocycles. The molecule has 1 fully saturated rings. The molecule has 2 rings (SSSR count). The zero-order valence-corrected chi connectivity index (χ0v) is 9.54. The van der Waals surface area contributed by atoms with Crippen molar-refractivity contribution in [2.75, 3.05) is 7.11 Å². The van der Waals surface area contributed by atoms with Crippen LogP contribution in [-0.2, 0) is 0 Å². The normalized spacial score (nSPS) is 16.1. The van der Waals surface area contributed by atoms with Crippen LogP contribution in [0.25, 0.3) is 0 Å². The van der Waals surface area contributed by atoms with Gasteiger partial charge in [-0.3, -0.25) is 0 Å². The molecule has 1 heterocycles. The van der Waals surface area contributed by atoms with Gasteiger partial charge in [0.1, 0.15) is 0 Å². The van der Waals surface area contributed by atoms with Crippen LogP contribution in [0, 0.1) is 12.0 Å². The highest BCUT2D eigenvalue weighted by atomic mass is 79.9. The molecule has 73 valence electrons. The van der Waals surface area contributed by atoms with E-state index in [1.54, 1.807) is 7.11 Å². The zero-order chi connectivity index (χ0) is 9.97. The average Bonchev–Trinajstić information content (AvgIpc) is 3.00. The molecule has 1 saturated carbocycles. The monoisotopic (exact) mass is 252 g/mol. The van der Waals surface area contributed by atoms with Crippen LogP contribution >= 0.6 is 15.9 Å². The van der Waals surface area contributed by atoms with Crippen molar-refractivity contribution in [3.63, 3.8) is 0 Å². The minimum atomic E-state index is 0.625. The van der Waals surface area contributed by atoms with E-state index in [0.29, 0.717) is 5.88 Å². The quantitative estimate of drug-likeness (QED) is 0.826. The summed E-state index contributed by atoms with van der Waals surface area (Å²) in [5.74, 6) is 1.34. The summed E-state index contributed by atoms with van der Waals surface area (Å²) in [6.07, 6.45) is 7.85. The Hall–Kier alpha value is -0.830. The average molecular weight is 253 g/mol. The van der Waals surface area contributed by atoms with Crippen LogP contribution in [0.3, 0.4) is 0 Å². The predicted octanol–water partition coefficient (Wildman–Crippen LogP) is 2.97. The molecular formula is C11H11BrNO. The van der Waals surface area contributed by atoms with Crippen molar-refractivity contribution in [2.24, 2.45) is 5.92 Å². The van der Waals surface area contributed by atoms with Crippen molar-refractivity contribution >= 4 is 15.9 Å². The lowest BCUT2D eigenvalue weighted by atomic mass is 10.3. The van der Waals surface area contributed by atoms with Crippen molar-refractivity contribution in [3.8, 4) is 5.88 Å².